The molecule has 11 heteroatoms. The lowest BCUT2D eigenvalue weighted by molar-refractivity contribution is -0.132. The SMILES string of the molecule is CN(C)C(=O)N1C[C@@H]2CCN(C(=O)C[C@@H](Cc3cc(F)c(F)cc3F)NC(=O)OC(C)(C)C)[C@@H]2C1. The van der Waals surface area contributed by atoms with Gasteiger partial charge in [0.05, 0.1) is 6.04 Å². The fraction of sp³-hybridized carbons (Fsp3) is 0.625. The lowest BCUT2D eigenvalue weighted by Gasteiger charge is -2.28. The van der Waals surface area contributed by atoms with Crippen molar-refractivity contribution in [3.05, 3.63) is 35.1 Å². The zero-order valence-corrected chi connectivity index (χ0v) is 20.7. The third kappa shape index (κ3) is 6.58. The summed E-state index contributed by atoms with van der Waals surface area (Å²) in [5.74, 6) is -3.63. The van der Waals surface area contributed by atoms with E-state index in [-0.39, 0.29) is 42.3 Å². The normalized spacial score (nSPS) is 20.5. The summed E-state index contributed by atoms with van der Waals surface area (Å²) in [4.78, 5) is 42.9. The van der Waals surface area contributed by atoms with E-state index < -0.39 is 35.2 Å². The van der Waals surface area contributed by atoms with Crippen molar-refractivity contribution in [2.24, 2.45) is 5.92 Å². The predicted molar refractivity (Wildman–Crippen MR) is 122 cm³/mol. The number of nitrogens with one attached hydrogen (secondary N) is 1. The molecule has 1 aromatic rings. The van der Waals surface area contributed by atoms with Gasteiger partial charge in [-0.3, -0.25) is 4.79 Å². The number of rotatable bonds is 5. The summed E-state index contributed by atoms with van der Waals surface area (Å²) < 4.78 is 46.7. The number of amides is 4. The molecule has 0 aromatic heterocycles. The van der Waals surface area contributed by atoms with Crippen LogP contribution < -0.4 is 5.32 Å². The summed E-state index contributed by atoms with van der Waals surface area (Å²) >= 11 is 0. The van der Waals surface area contributed by atoms with Crippen molar-refractivity contribution in [2.75, 3.05) is 33.7 Å². The van der Waals surface area contributed by atoms with Gasteiger partial charge < -0.3 is 24.8 Å². The smallest absolute Gasteiger partial charge is 0.407 e. The number of nitrogens with zero attached hydrogens (tertiary/aromatic N) is 3. The quantitative estimate of drug-likeness (QED) is 0.633. The average molecular weight is 499 g/mol. The zero-order valence-electron chi connectivity index (χ0n) is 20.7. The molecule has 0 saturated carbocycles. The Hall–Kier alpha value is -2.98. The Balaban J connectivity index is 1.74. The number of hydrogen-bond donors (Lipinski definition) is 1. The average Bonchev–Trinajstić information content (AvgIpc) is 3.30. The van der Waals surface area contributed by atoms with E-state index in [2.05, 4.69) is 5.32 Å². The molecule has 3 rings (SSSR count). The number of urea groups is 1. The monoisotopic (exact) mass is 498 g/mol. The summed E-state index contributed by atoms with van der Waals surface area (Å²) in [6.07, 6.45) is -0.486. The van der Waals surface area contributed by atoms with E-state index in [4.69, 9.17) is 4.74 Å². The highest BCUT2D eigenvalue weighted by atomic mass is 19.2. The number of alkyl carbamates (subject to hydrolysis) is 1. The summed E-state index contributed by atoms with van der Waals surface area (Å²) in [6, 6.07) is -0.0148. The number of carbonyl (C=O) groups is 3. The van der Waals surface area contributed by atoms with Crippen LogP contribution in [0.3, 0.4) is 0 Å². The first-order valence-corrected chi connectivity index (χ1v) is 11.6. The molecule has 1 aromatic carbocycles. The van der Waals surface area contributed by atoms with Gasteiger partial charge in [0, 0.05) is 58.2 Å². The Morgan fingerprint density at radius 1 is 1.11 bits per heavy atom. The first kappa shape index (κ1) is 26.6. The third-order valence-corrected chi connectivity index (χ3v) is 6.22. The Morgan fingerprint density at radius 2 is 1.77 bits per heavy atom. The first-order valence-electron chi connectivity index (χ1n) is 11.6. The molecule has 1 N–H and O–H groups in total. The molecule has 2 heterocycles. The molecule has 0 radical (unpaired) electrons. The van der Waals surface area contributed by atoms with Gasteiger partial charge in [0.2, 0.25) is 5.91 Å². The van der Waals surface area contributed by atoms with Crippen LogP contribution in [0.25, 0.3) is 0 Å². The molecule has 4 amide bonds. The van der Waals surface area contributed by atoms with Gasteiger partial charge in [-0.2, -0.15) is 0 Å². The van der Waals surface area contributed by atoms with Gasteiger partial charge in [-0.1, -0.05) is 0 Å². The number of hydrogen-bond acceptors (Lipinski definition) is 4. The Kier molecular flexibility index (Phi) is 7.86. The number of ether oxygens (including phenoxy) is 1. The van der Waals surface area contributed by atoms with Gasteiger partial charge >= 0.3 is 12.1 Å². The van der Waals surface area contributed by atoms with Crippen molar-refractivity contribution in [3.8, 4) is 0 Å². The van der Waals surface area contributed by atoms with Crippen molar-refractivity contribution >= 4 is 18.0 Å². The molecule has 194 valence electrons. The minimum atomic E-state index is -1.32. The van der Waals surface area contributed by atoms with Crippen LogP contribution in [0.4, 0.5) is 22.8 Å². The highest BCUT2D eigenvalue weighted by Gasteiger charge is 2.45. The molecule has 35 heavy (non-hydrogen) atoms. The Bertz CT molecular complexity index is 982. The minimum absolute atomic E-state index is 0.120. The van der Waals surface area contributed by atoms with Gasteiger partial charge in [-0.05, 0) is 45.2 Å². The highest BCUT2D eigenvalue weighted by Crippen LogP contribution is 2.32. The van der Waals surface area contributed by atoms with Crippen LogP contribution in [0.5, 0.6) is 0 Å². The molecule has 2 aliphatic heterocycles. The zero-order chi connectivity index (χ0) is 26.1. The molecule has 2 saturated heterocycles. The second-order valence-electron chi connectivity index (χ2n) is 10.4. The second-order valence-corrected chi connectivity index (χ2v) is 10.4. The van der Waals surface area contributed by atoms with E-state index in [1.807, 2.05) is 0 Å². The van der Waals surface area contributed by atoms with Crippen molar-refractivity contribution in [1.29, 1.82) is 0 Å². The molecule has 0 spiro atoms. The molecule has 2 aliphatic rings. The largest absolute Gasteiger partial charge is 0.444 e. The summed E-state index contributed by atoms with van der Waals surface area (Å²) in [7, 11) is 3.34. The van der Waals surface area contributed by atoms with Crippen LogP contribution in [0, 0.1) is 23.4 Å². The van der Waals surface area contributed by atoms with Crippen molar-refractivity contribution in [2.45, 2.75) is 57.7 Å². The van der Waals surface area contributed by atoms with E-state index in [0.717, 1.165) is 12.5 Å². The van der Waals surface area contributed by atoms with Gasteiger partial charge in [0.25, 0.3) is 0 Å². The predicted octanol–water partition coefficient (Wildman–Crippen LogP) is 3.14. The van der Waals surface area contributed by atoms with Crippen molar-refractivity contribution < 1.29 is 32.3 Å². The number of benzene rings is 1. The molecule has 3 atom stereocenters. The van der Waals surface area contributed by atoms with Crippen LogP contribution in [-0.2, 0) is 16.0 Å². The van der Waals surface area contributed by atoms with Crippen molar-refractivity contribution in [1.82, 2.24) is 20.0 Å². The van der Waals surface area contributed by atoms with E-state index in [9.17, 15) is 27.6 Å². The second kappa shape index (κ2) is 10.3. The fourth-order valence-electron chi connectivity index (χ4n) is 4.67. The maximum atomic E-state index is 14.3. The Morgan fingerprint density at radius 3 is 2.40 bits per heavy atom. The minimum Gasteiger partial charge on any atom is -0.444 e. The summed E-state index contributed by atoms with van der Waals surface area (Å²) in [5.41, 5.74) is -0.971. The van der Waals surface area contributed by atoms with Crippen LogP contribution in [-0.4, -0.2) is 84.1 Å². The van der Waals surface area contributed by atoms with Gasteiger partial charge in [-0.15, -0.1) is 0 Å². The maximum absolute atomic E-state index is 14.3. The number of halogens is 3. The lowest BCUT2D eigenvalue weighted by Crippen LogP contribution is -2.46. The number of likely N-dealkylation sites (tertiary alicyclic amines) is 2. The van der Waals surface area contributed by atoms with Crippen LogP contribution >= 0.6 is 0 Å². The third-order valence-electron chi connectivity index (χ3n) is 6.22. The topological polar surface area (TPSA) is 82.2 Å². The van der Waals surface area contributed by atoms with E-state index in [1.165, 1.54) is 4.90 Å². The molecule has 0 aliphatic carbocycles. The maximum Gasteiger partial charge on any atom is 0.407 e. The van der Waals surface area contributed by atoms with Gasteiger partial charge in [0.15, 0.2) is 11.6 Å². The van der Waals surface area contributed by atoms with Crippen LogP contribution in [0.2, 0.25) is 0 Å². The molecule has 0 unspecified atom stereocenters. The molecular formula is C24H33F3N4O4. The van der Waals surface area contributed by atoms with Gasteiger partial charge in [-0.25, -0.2) is 22.8 Å². The standard InChI is InChI=1S/C24H33F3N4O4/c1-24(2,3)35-22(33)28-16(8-15-9-18(26)19(27)11-17(15)25)10-21(32)31-7-6-14-12-30(13-20(14)31)23(34)29(4)5/h9,11,14,16,20H,6-8,10,12-13H2,1-5H3,(H,28,33)/t14-,16+,20+/m0/s1. The molecular weight excluding hydrogens is 465 g/mol. The molecule has 8 nitrogen and oxygen atoms in total. The summed E-state index contributed by atoms with van der Waals surface area (Å²) in [6.45, 7) is 6.50. The fourth-order valence-corrected chi connectivity index (χ4v) is 4.67. The highest BCUT2D eigenvalue weighted by molar-refractivity contribution is 5.79. The van der Waals surface area contributed by atoms with E-state index in [0.29, 0.717) is 25.7 Å². The summed E-state index contributed by atoms with van der Waals surface area (Å²) in [5, 5.41) is 2.58. The molecule has 2 fully saturated rings. The van der Waals surface area contributed by atoms with Crippen LogP contribution in [0.15, 0.2) is 12.1 Å². The number of fused-ring (bicyclic) bond motifs is 1. The van der Waals surface area contributed by atoms with Crippen LogP contribution in [0.1, 0.15) is 39.2 Å². The first-order chi connectivity index (χ1) is 16.2. The molecule has 0 bridgehead atoms. The number of carbonyl (C=O) groups excluding carboxylic acids is 3. The lowest BCUT2D eigenvalue weighted by atomic mass is 10.0. The van der Waals surface area contributed by atoms with Gasteiger partial charge in [0.1, 0.15) is 11.4 Å². The van der Waals surface area contributed by atoms with E-state index >= 15 is 0 Å². The Labute approximate surface area is 203 Å². The van der Waals surface area contributed by atoms with Crippen molar-refractivity contribution in [3.63, 3.8) is 0 Å². The van der Waals surface area contributed by atoms with E-state index in [1.54, 1.807) is 44.7 Å².